The van der Waals surface area contributed by atoms with Crippen molar-refractivity contribution in [1.82, 2.24) is 0 Å². The first-order valence-electron chi connectivity index (χ1n) is 31.2. The molecule has 0 radical (unpaired) electrons. The summed E-state index contributed by atoms with van der Waals surface area (Å²) in [6, 6.07) is 0. The molecule has 430 valence electrons. The fourth-order valence-corrected chi connectivity index (χ4v) is 8.23. The molecule has 1 unspecified atom stereocenters. The number of hydrogen-bond donors (Lipinski definition) is 0. The Bertz CT molecular complexity index is 1630. The minimum absolute atomic E-state index is 0.0911. The van der Waals surface area contributed by atoms with Crippen LogP contribution < -0.4 is 0 Å². The number of hydrogen-bond acceptors (Lipinski definition) is 6. The molecule has 0 bridgehead atoms. The zero-order chi connectivity index (χ0) is 55.0. The summed E-state index contributed by atoms with van der Waals surface area (Å²) in [5.41, 5.74) is 0. The zero-order valence-electron chi connectivity index (χ0n) is 49.2. The van der Waals surface area contributed by atoms with Crippen LogP contribution >= 0.6 is 0 Å². The first kappa shape index (κ1) is 71.5. The van der Waals surface area contributed by atoms with Crippen molar-refractivity contribution in [3.8, 4) is 0 Å². The molecular weight excluding hydrogens is 937 g/mol. The number of esters is 3. The third kappa shape index (κ3) is 60.4. The average Bonchev–Trinajstić information content (AvgIpc) is 3.42. The minimum atomic E-state index is -0.795. The van der Waals surface area contributed by atoms with Gasteiger partial charge in [-0.3, -0.25) is 14.4 Å². The molecule has 6 heteroatoms. The Morgan fingerprint density at radius 1 is 0.276 bits per heavy atom. The van der Waals surface area contributed by atoms with Gasteiger partial charge in [0.2, 0.25) is 0 Å². The van der Waals surface area contributed by atoms with Gasteiger partial charge in [0, 0.05) is 19.3 Å². The Morgan fingerprint density at radius 2 is 0.513 bits per heavy atom. The molecular formula is C70H114O6. The molecule has 0 N–H and O–H groups in total. The van der Waals surface area contributed by atoms with Crippen LogP contribution in [0.25, 0.3) is 0 Å². The number of unbranched alkanes of at least 4 members (excludes halogenated alkanes) is 22. The van der Waals surface area contributed by atoms with E-state index in [-0.39, 0.29) is 31.1 Å². The lowest BCUT2D eigenvalue weighted by molar-refractivity contribution is -0.167. The van der Waals surface area contributed by atoms with Crippen molar-refractivity contribution in [2.24, 2.45) is 0 Å². The van der Waals surface area contributed by atoms with Crippen LogP contribution in [-0.4, -0.2) is 37.2 Å². The van der Waals surface area contributed by atoms with E-state index < -0.39 is 6.10 Å². The standard InChI is InChI=1S/C70H114O6/c1-4-7-10-13-16-19-22-24-26-27-28-29-30-31-32-33-34-35-36-37-38-39-40-41-42-43-45-46-48-51-54-57-60-63-69(72)75-66-67(65-74-68(71)62-59-56-53-50-21-18-15-12-9-6-3)76-70(73)64-61-58-55-52-49-47-44-25-23-20-17-14-11-8-5-2/h7,10,16-17,19-20,24-26,28-29,31-32,34-35,37-38,40-41,43-45,67H,4-6,8-9,11-15,18,21-23,27,30,33,36,39,42,46-66H2,1-3H3/b10-7-,19-16-,20-17-,26-24-,29-28-,32-31-,35-34-,38-37-,41-40-,44-25-,45-43-. The van der Waals surface area contributed by atoms with Crippen molar-refractivity contribution >= 4 is 17.9 Å². The van der Waals surface area contributed by atoms with Crippen molar-refractivity contribution in [2.75, 3.05) is 13.2 Å². The molecule has 0 heterocycles. The quantitative estimate of drug-likeness (QED) is 0.0261. The highest BCUT2D eigenvalue weighted by Crippen LogP contribution is 2.14. The van der Waals surface area contributed by atoms with E-state index in [0.717, 1.165) is 161 Å². The topological polar surface area (TPSA) is 78.9 Å². The van der Waals surface area contributed by atoms with E-state index in [4.69, 9.17) is 14.2 Å². The average molecular weight is 1050 g/mol. The largest absolute Gasteiger partial charge is 0.462 e. The minimum Gasteiger partial charge on any atom is -0.462 e. The number of carbonyl (C=O) groups excluding carboxylic acids is 3. The van der Waals surface area contributed by atoms with Gasteiger partial charge in [-0.2, -0.15) is 0 Å². The van der Waals surface area contributed by atoms with E-state index in [0.29, 0.717) is 19.3 Å². The lowest BCUT2D eigenvalue weighted by atomic mass is 10.1. The Hall–Kier alpha value is -4.45. The third-order valence-electron chi connectivity index (χ3n) is 12.9. The fraction of sp³-hybridized carbons (Fsp3) is 0.643. The van der Waals surface area contributed by atoms with Crippen LogP contribution in [0, 0.1) is 0 Å². The monoisotopic (exact) mass is 1050 g/mol. The number of ether oxygens (including phenoxy) is 3. The normalized spacial score (nSPS) is 13.0. The van der Waals surface area contributed by atoms with E-state index in [1.165, 1.54) is 70.6 Å². The Morgan fingerprint density at radius 3 is 0.829 bits per heavy atom. The molecule has 0 rings (SSSR count). The maximum absolute atomic E-state index is 12.8. The predicted octanol–water partition coefficient (Wildman–Crippen LogP) is 21.4. The maximum Gasteiger partial charge on any atom is 0.306 e. The van der Waals surface area contributed by atoms with Gasteiger partial charge in [-0.25, -0.2) is 0 Å². The molecule has 0 fully saturated rings. The molecule has 0 aromatic heterocycles. The van der Waals surface area contributed by atoms with Gasteiger partial charge in [0.05, 0.1) is 0 Å². The zero-order valence-corrected chi connectivity index (χ0v) is 49.2. The van der Waals surface area contributed by atoms with Crippen molar-refractivity contribution in [3.05, 3.63) is 134 Å². The maximum atomic E-state index is 12.8. The second kappa shape index (κ2) is 63.1. The summed E-state index contributed by atoms with van der Waals surface area (Å²) in [6.45, 7) is 6.46. The van der Waals surface area contributed by atoms with E-state index in [1.807, 2.05) is 0 Å². The molecule has 0 aromatic carbocycles. The molecule has 0 amide bonds. The summed E-state index contributed by atoms with van der Waals surface area (Å²) >= 11 is 0. The van der Waals surface area contributed by atoms with E-state index in [9.17, 15) is 14.4 Å². The van der Waals surface area contributed by atoms with E-state index in [1.54, 1.807) is 0 Å². The van der Waals surface area contributed by atoms with Crippen molar-refractivity contribution in [1.29, 1.82) is 0 Å². The van der Waals surface area contributed by atoms with Crippen LogP contribution in [-0.2, 0) is 28.6 Å². The summed E-state index contributed by atoms with van der Waals surface area (Å²) in [5, 5.41) is 0. The molecule has 1 atom stereocenters. The number of rotatable bonds is 55. The molecule has 0 saturated heterocycles. The van der Waals surface area contributed by atoms with Crippen LogP contribution in [0.3, 0.4) is 0 Å². The third-order valence-corrected chi connectivity index (χ3v) is 12.9. The Kier molecular flexibility index (Phi) is 59.4. The fourth-order valence-electron chi connectivity index (χ4n) is 8.23. The molecule has 6 nitrogen and oxygen atoms in total. The first-order chi connectivity index (χ1) is 37.5. The molecule has 0 aliphatic heterocycles. The van der Waals surface area contributed by atoms with Crippen molar-refractivity contribution in [2.45, 2.75) is 277 Å². The number of carbonyl (C=O) groups is 3. The summed E-state index contributed by atoms with van der Waals surface area (Å²) in [5.74, 6) is -0.927. The molecule has 0 aliphatic rings. The number of allylic oxidation sites excluding steroid dienone is 22. The SMILES string of the molecule is CC/C=C\C/C=C\C/C=C\C/C=C\C/C=C\C/C=C\C/C=C\C/C=C\C/C=C\CCCCCCCC(=O)OCC(COC(=O)CCCCCCCCCCCC)OC(=O)CCCCCCC/C=C\C/C=C\CCCCC. The lowest BCUT2D eigenvalue weighted by Crippen LogP contribution is -2.30. The smallest absolute Gasteiger partial charge is 0.306 e. The van der Waals surface area contributed by atoms with Gasteiger partial charge >= 0.3 is 17.9 Å². The lowest BCUT2D eigenvalue weighted by Gasteiger charge is -2.18. The molecule has 0 aliphatic carbocycles. The van der Waals surface area contributed by atoms with Crippen LogP contribution in [0.2, 0.25) is 0 Å². The molecule has 76 heavy (non-hydrogen) atoms. The molecule has 0 aromatic rings. The van der Waals surface area contributed by atoms with Gasteiger partial charge in [-0.1, -0.05) is 264 Å². The van der Waals surface area contributed by atoms with Crippen molar-refractivity contribution in [3.63, 3.8) is 0 Å². The van der Waals surface area contributed by atoms with Crippen LogP contribution in [0.5, 0.6) is 0 Å². The highest BCUT2D eigenvalue weighted by atomic mass is 16.6. The summed E-state index contributed by atoms with van der Waals surface area (Å²) in [7, 11) is 0. The van der Waals surface area contributed by atoms with Gasteiger partial charge in [0.1, 0.15) is 13.2 Å². The Labute approximate surface area is 468 Å². The van der Waals surface area contributed by atoms with Crippen LogP contribution in [0.1, 0.15) is 271 Å². The second-order valence-corrected chi connectivity index (χ2v) is 20.2. The molecule has 0 spiro atoms. The van der Waals surface area contributed by atoms with Gasteiger partial charge in [-0.05, 0) is 122 Å². The summed E-state index contributed by atoms with van der Waals surface area (Å²) in [6.07, 6.45) is 88.9. The highest BCUT2D eigenvalue weighted by molar-refractivity contribution is 5.71. The van der Waals surface area contributed by atoms with E-state index in [2.05, 4.69) is 154 Å². The van der Waals surface area contributed by atoms with Crippen molar-refractivity contribution < 1.29 is 28.6 Å². The predicted molar refractivity (Wildman–Crippen MR) is 329 cm³/mol. The Balaban J connectivity index is 4.28. The van der Waals surface area contributed by atoms with E-state index >= 15 is 0 Å². The van der Waals surface area contributed by atoms with Gasteiger partial charge in [0.15, 0.2) is 6.10 Å². The van der Waals surface area contributed by atoms with Gasteiger partial charge in [-0.15, -0.1) is 0 Å². The van der Waals surface area contributed by atoms with Gasteiger partial charge < -0.3 is 14.2 Å². The first-order valence-corrected chi connectivity index (χ1v) is 31.2. The van der Waals surface area contributed by atoms with Crippen LogP contribution in [0.4, 0.5) is 0 Å². The highest BCUT2D eigenvalue weighted by Gasteiger charge is 2.19. The summed E-state index contributed by atoms with van der Waals surface area (Å²) in [4.78, 5) is 38.1. The second-order valence-electron chi connectivity index (χ2n) is 20.2. The summed E-state index contributed by atoms with van der Waals surface area (Å²) < 4.78 is 16.8. The van der Waals surface area contributed by atoms with Gasteiger partial charge in [0.25, 0.3) is 0 Å². The van der Waals surface area contributed by atoms with Crippen LogP contribution in [0.15, 0.2) is 134 Å². The molecule has 0 saturated carbocycles.